The number of nitrogens with zero attached hydrogens (tertiary/aromatic N) is 1. The number of hydrogen-bond acceptors (Lipinski definition) is 3. The molecule has 6 heteroatoms. The molecule has 1 aliphatic rings. The number of amides is 2. The number of hydrogen-bond donors (Lipinski definition) is 2. The molecule has 92 valence electrons. The van der Waals surface area contributed by atoms with Crippen LogP contribution in [0, 0.1) is 0 Å². The molecule has 2 rings (SSSR count). The molecule has 1 aliphatic heterocycles. The number of rotatable bonds is 3. The van der Waals surface area contributed by atoms with Crippen molar-refractivity contribution in [2.75, 3.05) is 6.54 Å². The number of carboxylic acids is 1. The van der Waals surface area contributed by atoms with Crippen molar-refractivity contribution >= 4 is 12.0 Å². The maximum atomic E-state index is 11.8. The minimum atomic E-state index is -0.948. The molecule has 17 heavy (non-hydrogen) atoms. The number of carboxylic acid groups (broad SMARTS) is 1. The predicted molar refractivity (Wildman–Crippen MR) is 58.3 cm³/mol. The van der Waals surface area contributed by atoms with Gasteiger partial charge in [0.15, 0.2) is 0 Å². The third-order valence-electron chi connectivity index (χ3n) is 2.79. The van der Waals surface area contributed by atoms with Crippen LogP contribution in [-0.4, -0.2) is 34.6 Å². The Morgan fingerprint density at radius 2 is 2.41 bits per heavy atom. The number of aliphatic carboxylic acids is 1. The van der Waals surface area contributed by atoms with Gasteiger partial charge in [-0.25, -0.2) is 9.59 Å². The summed E-state index contributed by atoms with van der Waals surface area (Å²) in [5.41, 5.74) is 0. The van der Waals surface area contributed by atoms with Crippen LogP contribution in [0.2, 0.25) is 0 Å². The van der Waals surface area contributed by atoms with E-state index < -0.39 is 12.0 Å². The quantitative estimate of drug-likeness (QED) is 0.824. The van der Waals surface area contributed by atoms with Crippen molar-refractivity contribution in [2.45, 2.75) is 25.4 Å². The number of likely N-dealkylation sites (tertiary alicyclic amines) is 1. The fourth-order valence-corrected chi connectivity index (χ4v) is 1.94. The first-order valence-electron chi connectivity index (χ1n) is 5.48. The van der Waals surface area contributed by atoms with E-state index in [0.717, 1.165) is 6.42 Å². The van der Waals surface area contributed by atoms with Crippen molar-refractivity contribution in [3.8, 4) is 0 Å². The van der Waals surface area contributed by atoms with Crippen LogP contribution in [-0.2, 0) is 11.3 Å². The molecule has 0 spiro atoms. The fraction of sp³-hybridized carbons (Fsp3) is 0.455. The summed E-state index contributed by atoms with van der Waals surface area (Å²) in [6.45, 7) is 0.760. The lowest BCUT2D eigenvalue weighted by Gasteiger charge is -2.21. The minimum Gasteiger partial charge on any atom is -0.480 e. The van der Waals surface area contributed by atoms with Crippen molar-refractivity contribution in [2.24, 2.45) is 0 Å². The standard InChI is InChI=1S/C11H14N2O4/c14-10(15)9-4-1-5-13(9)11(16)12-7-8-3-2-6-17-8/h2-3,6,9H,1,4-5,7H2,(H,12,16)(H,14,15)/t9-/m0/s1. The van der Waals surface area contributed by atoms with Crippen LogP contribution in [0.15, 0.2) is 22.8 Å². The molecular weight excluding hydrogens is 224 g/mol. The largest absolute Gasteiger partial charge is 0.480 e. The lowest BCUT2D eigenvalue weighted by molar-refractivity contribution is -0.141. The molecule has 0 aromatic carbocycles. The maximum Gasteiger partial charge on any atom is 0.326 e. The number of carbonyl (C=O) groups excluding carboxylic acids is 1. The van der Waals surface area contributed by atoms with E-state index in [-0.39, 0.29) is 12.6 Å². The molecule has 0 aliphatic carbocycles. The summed E-state index contributed by atoms with van der Waals surface area (Å²) in [5.74, 6) is -0.305. The third kappa shape index (κ3) is 2.58. The molecule has 1 fully saturated rings. The van der Waals surface area contributed by atoms with Crippen LogP contribution >= 0.6 is 0 Å². The van der Waals surface area contributed by atoms with E-state index in [1.807, 2.05) is 0 Å². The smallest absolute Gasteiger partial charge is 0.326 e. The first-order chi connectivity index (χ1) is 8.18. The molecule has 2 heterocycles. The van der Waals surface area contributed by atoms with Gasteiger partial charge in [-0.1, -0.05) is 0 Å². The van der Waals surface area contributed by atoms with E-state index in [1.165, 1.54) is 11.2 Å². The highest BCUT2D eigenvalue weighted by Gasteiger charge is 2.33. The molecule has 1 aromatic heterocycles. The SMILES string of the molecule is O=C(O)[C@@H]1CCCN1C(=O)NCc1ccco1. The molecular formula is C11H14N2O4. The van der Waals surface area contributed by atoms with E-state index in [9.17, 15) is 9.59 Å². The van der Waals surface area contributed by atoms with E-state index in [2.05, 4.69) is 5.32 Å². The number of nitrogens with one attached hydrogen (secondary N) is 1. The topological polar surface area (TPSA) is 82.8 Å². The van der Waals surface area contributed by atoms with Gasteiger partial charge < -0.3 is 19.7 Å². The van der Waals surface area contributed by atoms with E-state index in [4.69, 9.17) is 9.52 Å². The number of urea groups is 1. The van der Waals surface area contributed by atoms with Crippen LogP contribution in [0.3, 0.4) is 0 Å². The molecule has 1 aromatic rings. The van der Waals surface area contributed by atoms with Crippen LogP contribution in [0.1, 0.15) is 18.6 Å². The summed E-state index contributed by atoms with van der Waals surface area (Å²) in [4.78, 5) is 24.0. The van der Waals surface area contributed by atoms with Crippen LogP contribution in [0.4, 0.5) is 4.79 Å². The van der Waals surface area contributed by atoms with Crippen molar-refractivity contribution in [3.05, 3.63) is 24.2 Å². The molecule has 6 nitrogen and oxygen atoms in total. The van der Waals surface area contributed by atoms with Gasteiger partial charge in [0.25, 0.3) is 0 Å². The Morgan fingerprint density at radius 3 is 3.06 bits per heavy atom. The Kier molecular flexibility index (Phi) is 3.32. The molecule has 0 radical (unpaired) electrons. The van der Waals surface area contributed by atoms with Crippen molar-refractivity contribution < 1.29 is 19.1 Å². The van der Waals surface area contributed by atoms with Gasteiger partial charge in [-0.3, -0.25) is 0 Å². The molecule has 0 unspecified atom stereocenters. The van der Waals surface area contributed by atoms with E-state index in [1.54, 1.807) is 12.1 Å². The molecule has 2 N–H and O–H groups in total. The van der Waals surface area contributed by atoms with Gasteiger partial charge in [0.05, 0.1) is 12.8 Å². The first-order valence-corrected chi connectivity index (χ1v) is 5.48. The van der Waals surface area contributed by atoms with Gasteiger partial charge in [0.2, 0.25) is 0 Å². The summed E-state index contributed by atoms with van der Waals surface area (Å²) >= 11 is 0. The minimum absolute atomic E-state index is 0.272. The van der Waals surface area contributed by atoms with Crippen molar-refractivity contribution in [1.29, 1.82) is 0 Å². The van der Waals surface area contributed by atoms with Gasteiger partial charge in [0, 0.05) is 6.54 Å². The zero-order chi connectivity index (χ0) is 12.3. The number of carbonyl (C=O) groups is 2. The highest BCUT2D eigenvalue weighted by atomic mass is 16.4. The molecule has 2 amide bonds. The average Bonchev–Trinajstić information content (AvgIpc) is 2.96. The second-order valence-corrected chi connectivity index (χ2v) is 3.93. The van der Waals surface area contributed by atoms with E-state index >= 15 is 0 Å². The summed E-state index contributed by atoms with van der Waals surface area (Å²) in [7, 11) is 0. The van der Waals surface area contributed by atoms with Crippen molar-refractivity contribution in [1.82, 2.24) is 10.2 Å². The zero-order valence-electron chi connectivity index (χ0n) is 9.26. The van der Waals surface area contributed by atoms with Gasteiger partial charge in [-0.15, -0.1) is 0 Å². The highest BCUT2D eigenvalue weighted by Crippen LogP contribution is 2.17. The average molecular weight is 238 g/mol. The Bertz CT molecular complexity index is 402. The van der Waals surface area contributed by atoms with Gasteiger partial charge in [-0.05, 0) is 25.0 Å². The summed E-state index contributed by atoms with van der Waals surface area (Å²) in [6.07, 6.45) is 2.77. The van der Waals surface area contributed by atoms with Crippen LogP contribution in [0.5, 0.6) is 0 Å². The molecule has 1 saturated heterocycles. The predicted octanol–water partition coefficient (Wildman–Crippen LogP) is 1.04. The van der Waals surface area contributed by atoms with Crippen molar-refractivity contribution in [3.63, 3.8) is 0 Å². The maximum absolute atomic E-state index is 11.8. The normalized spacial score (nSPS) is 19.3. The molecule has 0 saturated carbocycles. The second kappa shape index (κ2) is 4.90. The number of furan rings is 1. The lowest BCUT2D eigenvalue weighted by Crippen LogP contribution is -2.45. The second-order valence-electron chi connectivity index (χ2n) is 3.93. The Hall–Kier alpha value is -1.98. The summed E-state index contributed by atoms with van der Waals surface area (Å²) in [6, 6.07) is 2.42. The van der Waals surface area contributed by atoms with Gasteiger partial charge in [0.1, 0.15) is 11.8 Å². The monoisotopic (exact) mass is 238 g/mol. The van der Waals surface area contributed by atoms with Crippen LogP contribution < -0.4 is 5.32 Å². The summed E-state index contributed by atoms with van der Waals surface area (Å²) in [5, 5.41) is 11.6. The fourth-order valence-electron chi connectivity index (χ4n) is 1.94. The van der Waals surface area contributed by atoms with E-state index in [0.29, 0.717) is 18.7 Å². The Labute approximate surface area is 98.2 Å². The zero-order valence-corrected chi connectivity index (χ0v) is 9.26. The summed E-state index contributed by atoms with van der Waals surface area (Å²) < 4.78 is 5.07. The molecule has 0 bridgehead atoms. The van der Waals surface area contributed by atoms with Gasteiger partial charge in [-0.2, -0.15) is 0 Å². The third-order valence-corrected chi connectivity index (χ3v) is 2.79. The highest BCUT2D eigenvalue weighted by molar-refractivity contribution is 5.83. The Balaban J connectivity index is 1.89. The lowest BCUT2D eigenvalue weighted by atomic mass is 10.2. The molecule has 1 atom stereocenters. The van der Waals surface area contributed by atoms with Gasteiger partial charge >= 0.3 is 12.0 Å². The Morgan fingerprint density at radius 1 is 1.59 bits per heavy atom. The van der Waals surface area contributed by atoms with Crippen LogP contribution in [0.25, 0.3) is 0 Å². The first kappa shape index (κ1) is 11.5.